The van der Waals surface area contributed by atoms with E-state index in [4.69, 9.17) is 9.72 Å². The summed E-state index contributed by atoms with van der Waals surface area (Å²) in [5.74, 6) is 0.722. The minimum atomic E-state index is 0.722. The smallest absolute Gasteiger partial charge is 0.225 e. The number of anilines is 1. The van der Waals surface area contributed by atoms with Crippen molar-refractivity contribution in [2.24, 2.45) is 0 Å². The Bertz CT molecular complexity index is 556. The standard InChI is InChI=1S/C14H19N5OS/c1-18(14-15-3-2-4-16-14)9-12-11-21-13(17-12)10-19-5-7-20-8-6-19/h2-4,11H,5-10H2,1H3. The predicted molar refractivity (Wildman–Crippen MR) is 82.3 cm³/mol. The second-order valence-corrected chi connectivity index (χ2v) is 5.97. The first-order chi connectivity index (χ1) is 10.3. The number of nitrogens with zero attached hydrogens (tertiary/aromatic N) is 5. The Balaban J connectivity index is 1.57. The minimum Gasteiger partial charge on any atom is -0.379 e. The highest BCUT2D eigenvalue weighted by molar-refractivity contribution is 7.09. The molecule has 0 radical (unpaired) electrons. The van der Waals surface area contributed by atoms with Gasteiger partial charge in [-0.2, -0.15) is 0 Å². The Labute approximate surface area is 128 Å². The lowest BCUT2D eigenvalue weighted by Gasteiger charge is -2.25. The molecule has 112 valence electrons. The molecule has 0 N–H and O–H groups in total. The van der Waals surface area contributed by atoms with Gasteiger partial charge in [-0.25, -0.2) is 15.0 Å². The Kier molecular flexibility index (Phi) is 4.74. The van der Waals surface area contributed by atoms with E-state index in [2.05, 4.69) is 20.2 Å². The van der Waals surface area contributed by atoms with Crippen LogP contribution in [0.4, 0.5) is 5.95 Å². The summed E-state index contributed by atoms with van der Waals surface area (Å²) in [6.07, 6.45) is 3.51. The fourth-order valence-corrected chi connectivity index (χ4v) is 3.07. The van der Waals surface area contributed by atoms with Crippen molar-refractivity contribution >= 4 is 17.3 Å². The third-order valence-electron chi connectivity index (χ3n) is 3.35. The highest BCUT2D eigenvalue weighted by atomic mass is 32.1. The maximum absolute atomic E-state index is 5.37. The van der Waals surface area contributed by atoms with Gasteiger partial charge in [0.25, 0.3) is 0 Å². The topological polar surface area (TPSA) is 54.4 Å². The summed E-state index contributed by atoms with van der Waals surface area (Å²) in [6.45, 7) is 5.28. The van der Waals surface area contributed by atoms with Crippen molar-refractivity contribution < 1.29 is 4.74 Å². The highest BCUT2D eigenvalue weighted by Gasteiger charge is 2.13. The van der Waals surface area contributed by atoms with Gasteiger partial charge in [-0.05, 0) is 6.07 Å². The number of aromatic nitrogens is 3. The first kappa shape index (κ1) is 14.4. The summed E-state index contributed by atoms with van der Waals surface area (Å²) in [7, 11) is 1.98. The third-order valence-corrected chi connectivity index (χ3v) is 4.24. The van der Waals surface area contributed by atoms with Gasteiger partial charge in [0.05, 0.1) is 32.0 Å². The van der Waals surface area contributed by atoms with Crippen LogP contribution in [0.3, 0.4) is 0 Å². The molecule has 0 aromatic carbocycles. The van der Waals surface area contributed by atoms with Crippen molar-refractivity contribution in [2.45, 2.75) is 13.1 Å². The number of ether oxygens (including phenoxy) is 1. The zero-order valence-corrected chi connectivity index (χ0v) is 12.9. The van der Waals surface area contributed by atoms with Crippen LogP contribution in [0.1, 0.15) is 10.7 Å². The highest BCUT2D eigenvalue weighted by Crippen LogP contribution is 2.15. The van der Waals surface area contributed by atoms with E-state index in [-0.39, 0.29) is 0 Å². The molecule has 21 heavy (non-hydrogen) atoms. The van der Waals surface area contributed by atoms with E-state index < -0.39 is 0 Å². The molecule has 3 heterocycles. The van der Waals surface area contributed by atoms with E-state index in [1.807, 2.05) is 18.0 Å². The van der Waals surface area contributed by atoms with Gasteiger partial charge in [-0.3, -0.25) is 4.90 Å². The quantitative estimate of drug-likeness (QED) is 0.832. The summed E-state index contributed by atoms with van der Waals surface area (Å²) in [5, 5.41) is 3.28. The molecule has 2 aromatic heterocycles. The molecule has 0 saturated carbocycles. The van der Waals surface area contributed by atoms with Crippen LogP contribution in [-0.4, -0.2) is 53.2 Å². The van der Waals surface area contributed by atoms with Crippen LogP contribution in [0.15, 0.2) is 23.8 Å². The summed E-state index contributed by atoms with van der Waals surface area (Å²) < 4.78 is 5.37. The number of hydrogen-bond acceptors (Lipinski definition) is 7. The lowest BCUT2D eigenvalue weighted by Crippen LogP contribution is -2.35. The van der Waals surface area contributed by atoms with Crippen LogP contribution in [0.5, 0.6) is 0 Å². The minimum absolute atomic E-state index is 0.722. The second kappa shape index (κ2) is 6.93. The number of morpholine rings is 1. The van der Waals surface area contributed by atoms with Crippen molar-refractivity contribution in [3.63, 3.8) is 0 Å². The first-order valence-electron chi connectivity index (χ1n) is 7.03. The van der Waals surface area contributed by atoms with Crippen LogP contribution in [0.2, 0.25) is 0 Å². The van der Waals surface area contributed by atoms with E-state index in [0.717, 1.165) is 56.0 Å². The number of hydrogen-bond donors (Lipinski definition) is 0. The third kappa shape index (κ3) is 3.96. The molecule has 0 amide bonds. The lowest BCUT2D eigenvalue weighted by atomic mass is 10.4. The van der Waals surface area contributed by atoms with Crippen LogP contribution in [0, 0.1) is 0 Å². The zero-order valence-electron chi connectivity index (χ0n) is 12.1. The molecule has 0 spiro atoms. The fraction of sp³-hybridized carbons (Fsp3) is 0.500. The van der Waals surface area contributed by atoms with Gasteiger partial charge in [0.2, 0.25) is 5.95 Å². The van der Waals surface area contributed by atoms with Gasteiger partial charge in [-0.15, -0.1) is 11.3 Å². The van der Waals surface area contributed by atoms with Gasteiger partial charge in [-0.1, -0.05) is 0 Å². The predicted octanol–water partition coefficient (Wildman–Crippen LogP) is 1.40. The Morgan fingerprint density at radius 1 is 1.29 bits per heavy atom. The molecule has 0 bridgehead atoms. The van der Waals surface area contributed by atoms with Crippen molar-refractivity contribution in [3.8, 4) is 0 Å². The fourth-order valence-electron chi connectivity index (χ4n) is 2.25. The summed E-state index contributed by atoms with van der Waals surface area (Å²) in [5.41, 5.74) is 1.07. The van der Waals surface area contributed by atoms with Crippen molar-refractivity contribution in [1.29, 1.82) is 0 Å². The van der Waals surface area contributed by atoms with Crippen LogP contribution in [-0.2, 0) is 17.8 Å². The maximum Gasteiger partial charge on any atom is 0.225 e. The van der Waals surface area contributed by atoms with Gasteiger partial charge in [0, 0.05) is 37.9 Å². The number of rotatable bonds is 5. The SMILES string of the molecule is CN(Cc1csc(CN2CCOCC2)n1)c1ncccn1. The molecule has 1 saturated heterocycles. The second-order valence-electron chi connectivity index (χ2n) is 5.03. The van der Waals surface area contributed by atoms with Gasteiger partial charge < -0.3 is 9.64 Å². The average Bonchev–Trinajstić information content (AvgIpc) is 2.96. The molecule has 0 atom stereocenters. The maximum atomic E-state index is 5.37. The van der Waals surface area contributed by atoms with E-state index in [0.29, 0.717) is 0 Å². The molecule has 1 aliphatic rings. The van der Waals surface area contributed by atoms with Crippen molar-refractivity contribution in [1.82, 2.24) is 19.9 Å². The summed E-state index contributed by atoms with van der Waals surface area (Å²) in [6, 6.07) is 1.82. The molecule has 1 fully saturated rings. The van der Waals surface area contributed by atoms with Crippen LogP contribution in [0.25, 0.3) is 0 Å². The normalized spacial score (nSPS) is 16.0. The zero-order chi connectivity index (χ0) is 14.5. The van der Waals surface area contributed by atoms with Gasteiger partial charge in [0.15, 0.2) is 0 Å². The molecule has 3 rings (SSSR count). The summed E-state index contributed by atoms with van der Waals surface area (Å²) in [4.78, 5) is 17.6. The van der Waals surface area contributed by atoms with Gasteiger partial charge in [0.1, 0.15) is 5.01 Å². The molecule has 7 heteroatoms. The molecular weight excluding hydrogens is 286 g/mol. The Morgan fingerprint density at radius 3 is 2.81 bits per heavy atom. The molecule has 6 nitrogen and oxygen atoms in total. The molecular formula is C14H19N5OS. The number of thiazole rings is 1. The van der Waals surface area contributed by atoms with Crippen LogP contribution < -0.4 is 4.90 Å². The Morgan fingerprint density at radius 2 is 2.05 bits per heavy atom. The monoisotopic (exact) mass is 305 g/mol. The van der Waals surface area contributed by atoms with Crippen molar-refractivity contribution in [2.75, 3.05) is 38.3 Å². The van der Waals surface area contributed by atoms with E-state index >= 15 is 0 Å². The summed E-state index contributed by atoms with van der Waals surface area (Å²) >= 11 is 1.72. The molecule has 2 aromatic rings. The molecule has 0 unspecified atom stereocenters. The average molecular weight is 305 g/mol. The lowest BCUT2D eigenvalue weighted by molar-refractivity contribution is 0.0341. The Hall–Kier alpha value is -1.57. The van der Waals surface area contributed by atoms with Crippen molar-refractivity contribution in [3.05, 3.63) is 34.5 Å². The van der Waals surface area contributed by atoms with Gasteiger partial charge >= 0.3 is 0 Å². The molecule has 0 aliphatic carbocycles. The van der Waals surface area contributed by atoms with Crippen LogP contribution >= 0.6 is 11.3 Å². The first-order valence-corrected chi connectivity index (χ1v) is 7.91. The van der Waals surface area contributed by atoms with E-state index in [1.54, 1.807) is 23.7 Å². The largest absolute Gasteiger partial charge is 0.379 e. The molecule has 1 aliphatic heterocycles. The van der Waals surface area contributed by atoms with E-state index in [1.165, 1.54) is 0 Å². The van der Waals surface area contributed by atoms with E-state index in [9.17, 15) is 0 Å².